The molecule has 90 valence electrons. The molecule has 1 N–H and O–H groups in total. The standard InChI is InChI=1S/C14H29N/c1-11-6-7-13(15-5)12(10-11)8-9-14(2,3)4/h11-13,15H,6-10H2,1-5H3. The van der Waals surface area contributed by atoms with Gasteiger partial charge in [-0.3, -0.25) is 0 Å². The molecule has 1 fully saturated rings. The van der Waals surface area contributed by atoms with Crippen LogP contribution in [0.3, 0.4) is 0 Å². The molecule has 1 rings (SSSR count). The molecule has 3 atom stereocenters. The molecule has 1 aliphatic rings. The fourth-order valence-electron chi connectivity index (χ4n) is 2.82. The Bertz CT molecular complexity index is 180. The first-order valence-electron chi connectivity index (χ1n) is 6.59. The van der Waals surface area contributed by atoms with Crippen LogP contribution in [-0.2, 0) is 0 Å². The van der Waals surface area contributed by atoms with Crippen LogP contribution in [0.5, 0.6) is 0 Å². The number of nitrogens with one attached hydrogen (secondary N) is 1. The normalized spacial score (nSPS) is 33.0. The fraction of sp³-hybridized carbons (Fsp3) is 1.00. The fourth-order valence-corrected chi connectivity index (χ4v) is 2.82. The van der Waals surface area contributed by atoms with E-state index < -0.39 is 0 Å². The van der Waals surface area contributed by atoms with Crippen molar-refractivity contribution in [1.29, 1.82) is 0 Å². The lowest BCUT2D eigenvalue weighted by molar-refractivity contribution is 0.188. The SMILES string of the molecule is CNC1CCC(C)CC1CCC(C)(C)C. The molecule has 0 aliphatic heterocycles. The molecule has 0 heterocycles. The first kappa shape index (κ1) is 13.0. The van der Waals surface area contributed by atoms with E-state index >= 15 is 0 Å². The van der Waals surface area contributed by atoms with Crippen molar-refractivity contribution in [3.05, 3.63) is 0 Å². The van der Waals surface area contributed by atoms with Crippen molar-refractivity contribution in [1.82, 2.24) is 5.32 Å². The summed E-state index contributed by atoms with van der Waals surface area (Å²) >= 11 is 0. The number of hydrogen-bond acceptors (Lipinski definition) is 1. The maximum atomic E-state index is 3.51. The van der Waals surface area contributed by atoms with Crippen LogP contribution in [0.2, 0.25) is 0 Å². The molecule has 0 aromatic heterocycles. The van der Waals surface area contributed by atoms with E-state index in [1.54, 1.807) is 0 Å². The Labute approximate surface area is 96.0 Å². The molecule has 0 radical (unpaired) electrons. The predicted molar refractivity (Wildman–Crippen MR) is 68.0 cm³/mol. The maximum Gasteiger partial charge on any atom is 0.00925 e. The highest BCUT2D eigenvalue weighted by molar-refractivity contribution is 4.83. The van der Waals surface area contributed by atoms with Crippen molar-refractivity contribution in [2.24, 2.45) is 17.3 Å². The smallest absolute Gasteiger partial charge is 0.00925 e. The Kier molecular flexibility index (Phi) is 4.64. The maximum absolute atomic E-state index is 3.51. The first-order chi connectivity index (χ1) is 6.92. The van der Waals surface area contributed by atoms with Gasteiger partial charge in [0.05, 0.1) is 0 Å². The molecule has 0 spiro atoms. The van der Waals surface area contributed by atoms with Gasteiger partial charge in [-0.15, -0.1) is 0 Å². The van der Waals surface area contributed by atoms with Crippen molar-refractivity contribution >= 4 is 0 Å². The minimum atomic E-state index is 0.499. The van der Waals surface area contributed by atoms with Crippen LogP contribution in [0, 0.1) is 17.3 Å². The zero-order valence-corrected chi connectivity index (χ0v) is 11.3. The third kappa shape index (κ3) is 4.55. The summed E-state index contributed by atoms with van der Waals surface area (Å²) in [5.41, 5.74) is 0.499. The molecule has 0 aromatic carbocycles. The second kappa shape index (κ2) is 5.34. The van der Waals surface area contributed by atoms with Crippen molar-refractivity contribution < 1.29 is 0 Å². The summed E-state index contributed by atoms with van der Waals surface area (Å²) in [6.07, 6.45) is 6.99. The van der Waals surface area contributed by atoms with Crippen molar-refractivity contribution in [3.8, 4) is 0 Å². The Morgan fingerprint density at radius 1 is 1.20 bits per heavy atom. The van der Waals surface area contributed by atoms with Gasteiger partial charge in [-0.1, -0.05) is 27.7 Å². The van der Waals surface area contributed by atoms with Crippen LogP contribution in [0.4, 0.5) is 0 Å². The average molecular weight is 211 g/mol. The summed E-state index contributed by atoms with van der Waals surface area (Å²) in [4.78, 5) is 0. The highest BCUT2D eigenvalue weighted by Crippen LogP contribution is 2.34. The van der Waals surface area contributed by atoms with Gasteiger partial charge in [0, 0.05) is 6.04 Å². The zero-order valence-electron chi connectivity index (χ0n) is 11.3. The third-order valence-corrected chi connectivity index (χ3v) is 3.88. The lowest BCUT2D eigenvalue weighted by Crippen LogP contribution is -2.38. The average Bonchev–Trinajstić information content (AvgIpc) is 2.14. The largest absolute Gasteiger partial charge is 0.317 e. The molecule has 1 aliphatic carbocycles. The van der Waals surface area contributed by atoms with E-state index in [0.29, 0.717) is 5.41 Å². The quantitative estimate of drug-likeness (QED) is 0.748. The molecule has 15 heavy (non-hydrogen) atoms. The van der Waals surface area contributed by atoms with Crippen molar-refractivity contribution in [2.45, 2.75) is 65.8 Å². The van der Waals surface area contributed by atoms with E-state index in [4.69, 9.17) is 0 Å². The van der Waals surface area contributed by atoms with Gasteiger partial charge >= 0.3 is 0 Å². The highest BCUT2D eigenvalue weighted by atomic mass is 14.9. The van der Waals surface area contributed by atoms with E-state index in [-0.39, 0.29) is 0 Å². The summed E-state index contributed by atoms with van der Waals surface area (Å²) in [5, 5.41) is 3.51. The van der Waals surface area contributed by atoms with Crippen LogP contribution < -0.4 is 5.32 Å². The number of hydrogen-bond donors (Lipinski definition) is 1. The Morgan fingerprint density at radius 2 is 1.87 bits per heavy atom. The molecule has 1 saturated carbocycles. The summed E-state index contributed by atoms with van der Waals surface area (Å²) in [6.45, 7) is 9.48. The third-order valence-electron chi connectivity index (χ3n) is 3.88. The molecule has 0 bridgehead atoms. The van der Waals surface area contributed by atoms with E-state index in [0.717, 1.165) is 17.9 Å². The monoisotopic (exact) mass is 211 g/mol. The second-order valence-corrected chi connectivity index (χ2v) is 6.67. The Hall–Kier alpha value is -0.0400. The summed E-state index contributed by atoms with van der Waals surface area (Å²) in [6, 6.07) is 0.781. The van der Waals surface area contributed by atoms with Crippen LogP contribution in [0.15, 0.2) is 0 Å². The second-order valence-electron chi connectivity index (χ2n) is 6.67. The predicted octanol–water partition coefficient (Wildman–Crippen LogP) is 3.84. The van der Waals surface area contributed by atoms with Crippen molar-refractivity contribution in [2.75, 3.05) is 7.05 Å². The van der Waals surface area contributed by atoms with Gasteiger partial charge in [-0.05, 0) is 56.4 Å². The van der Waals surface area contributed by atoms with Crippen LogP contribution in [0.25, 0.3) is 0 Å². The first-order valence-corrected chi connectivity index (χ1v) is 6.59. The topological polar surface area (TPSA) is 12.0 Å². The van der Waals surface area contributed by atoms with E-state index in [9.17, 15) is 0 Å². The summed E-state index contributed by atoms with van der Waals surface area (Å²) in [5.74, 6) is 1.86. The van der Waals surface area contributed by atoms with E-state index in [1.165, 1.54) is 32.1 Å². The van der Waals surface area contributed by atoms with Crippen molar-refractivity contribution in [3.63, 3.8) is 0 Å². The molecule has 0 amide bonds. The van der Waals surface area contributed by atoms with Gasteiger partial charge in [0.25, 0.3) is 0 Å². The van der Waals surface area contributed by atoms with E-state index in [2.05, 4.69) is 40.1 Å². The molecule has 0 aromatic rings. The van der Waals surface area contributed by atoms with Gasteiger partial charge < -0.3 is 5.32 Å². The Morgan fingerprint density at radius 3 is 2.40 bits per heavy atom. The summed E-state index contributed by atoms with van der Waals surface area (Å²) < 4.78 is 0. The molecule has 0 saturated heterocycles. The Balaban J connectivity index is 2.42. The van der Waals surface area contributed by atoms with Gasteiger partial charge in [0.1, 0.15) is 0 Å². The minimum absolute atomic E-state index is 0.499. The zero-order chi connectivity index (χ0) is 11.5. The molecular formula is C14H29N. The van der Waals surface area contributed by atoms with Gasteiger partial charge in [-0.25, -0.2) is 0 Å². The molecule has 3 unspecified atom stereocenters. The number of rotatable bonds is 3. The highest BCUT2D eigenvalue weighted by Gasteiger charge is 2.28. The molecular weight excluding hydrogens is 182 g/mol. The lowest BCUT2D eigenvalue weighted by Gasteiger charge is -2.36. The van der Waals surface area contributed by atoms with Gasteiger partial charge in [0.2, 0.25) is 0 Å². The molecule has 1 heteroatoms. The van der Waals surface area contributed by atoms with Crippen LogP contribution >= 0.6 is 0 Å². The molecule has 1 nitrogen and oxygen atoms in total. The summed E-state index contributed by atoms with van der Waals surface area (Å²) in [7, 11) is 2.13. The van der Waals surface area contributed by atoms with Crippen LogP contribution in [-0.4, -0.2) is 13.1 Å². The van der Waals surface area contributed by atoms with Gasteiger partial charge in [-0.2, -0.15) is 0 Å². The van der Waals surface area contributed by atoms with Crippen LogP contribution in [0.1, 0.15) is 59.8 Å². The minimum Gasteiger partial charge on any atom is -0.317 e. The van der Waals surface area contributed by atoms with Gasteiger partial charge in [0.15, 0.2) is 0 Å². The van der Waals surface area contributed by atoms with E-state index in [1.807, 2.05) is 0 Å². The lowest BCUT2D eigenvalue weighted by atomic mass is 9.74.